The molecular formula is C10H20N4O. The van der Waals surface area contributed by atoms with Crippen LogP contribution in [0.4, 0.5) is 0 Å². The highest BCUT2D eigenvalue weighted by Gasteiger charge is 2.08. The summed E-state index contributed by atoms with van der Waals surface area (Å²) in [6, 6.07) is 0. The highest BCUT2D eigenvalue weighted by molar-refractivity contribution is 5.97. The summed E-state index contributed by atoms with van der Waals surface area (Å²) in [7, 11) is 0. The van der Waals surface area contributed by atoms with Crippen LogP contribution in [0.25, 0.3) is 0 Å². The fourth-order valence-corrected chi connectivity index (χ4v) is 1.40. The molecule has 0 bridgehead atoms. The number of rotatable bonds is 4. The van der Waals surface area contributed by atoms with Crippen molar-refractivity contribution in [2.45, 2.75) is 6.92 Å². The van der Waals surface area contributed by atoms with Crippen molar-refractivity contribution < 1.29 is 4.74 Å². The maximum atomic E-state index is 5.61. The molecule has 4 N–H and O–H groups in total. The number of hydrogen-bond donors (Lipinski definition) is 2. The quantitative estimate of drug-likeness (QED) is 0.618. The van der Waals surface area contributed by atoms with E-state index >= 15 is 0 Å². The van der Waals surface area contributed by atoms with E-state index in [9.17, 15) is 0 Å². The molecule has 0 amide bonds. The molecule has 1 rings (SSSR count). The van der Waals surface area contributed by atoms with Gasteiger partial charge in [-0.1, -0.05) is 0 Å². The van der Waals surface area contributed by atoms with Gasteiger partial charge in [-0.3, -0.25) is 9.89 Å². The fraction of sp³-hybridized carbons (Fsp3) is 0.700. The molecule has 1 aliphatic heterocycles. The molecule has 0 aromatic carbocycles. The predicted octanol–water partition coefficient (Wildman–Crippen LogP) is -0.462. The second kappa shape index (κ2) is 6.42. The third-order valence-electron chi connectivity index (χ3n) is 2.47. The molecule has 1 aliphatic rings. The molecule has 0 radical (unpaired) electrons. The molecule has 5 nitrogen and oxygen atoms in total. The van der Waals surface area contributed by atoms with E-state index in [0.29, 0.717) is 5.70 Å². The van der Waals surface area contributed by atoms with Gasteiger partial charge in [0.15, 0.2) is 0 Å². The van der Waals surface area contributed by atoms with Crippen LogP contribution in [0, 0.1) is 0 Å². The van der Waals surface area contributed by atoms with E-state index in [1.54, 1.807) is 0 Å². The standard InChI is InChI=1S/C10H20N4O/c1-9(10(12)8-11)13-2-3-14-4-6-15-7-5-14/h8H,2-7,11-12H2,1H3. The third-order valence-corrected chi connectivity index (χ3v) is 2.47. The number of aliphatic imine (C=N–C) groups is 1. The average Bonchev–Trinajstić information content (AvgIpc) is 2.29. The van der Waals surface area contributed by atoms with E-state index in [-0.39, 0.29) is 0 Å². The molecular weight excluding hydrogens is 192 g/mol. The number of nitrogens with two attached hydrogens (primary N) is 2. The lowest BCUT2D eigenvalue weighted by Gasteiger charge is -2.25. The summed E-state index contributed by atoms with van der Waals surface area (Å²) < 4.78 is 5.26. The summed E-state index contributed by atoms with van der Waals surface area (Å²) in [4.78, 5) is 6.69. The zero-order valence-electron chi connectivity index (χ0n) is 9.28. The summed E-state index contributed by atoms with van der Waals surface area (Å²) in [6.45, 7) is 7.24. The van der Waals surface area contributed by atoms with E-state index in [0.717, 1.165) is 45.1 Å². The molecule has 1 heterocycles. The van der Waals surface area contributed by atoms with Gasteiger partial charge in [0.1, 0.15) is 0 Å². The smallest absolute Gasteiger partial charge is 0.0682 e. The third kappa shape index (κ3) is 4.31. The Morgan fingerprint density at radius 3 is 2.73 bits per heavy atom. The first-order chi connectivity index (χ1) is 7.24. The van der Waals surface area contributed by atoms with E-state index < -0.39 is 0 Å². The summed E-state index contributed by atoms with van der Waals surface area (Å²) >= 11 is 0. The van der Waals surface area contributed by atoms with Crippen LogP contribution in [-0.2, 0) is 4.74 Å². The number of allylic oxidation sites excluding steroid dienone is 1. The molecule has 5 heteroatoms. The van der Waals surface area contributed by atoms with Gasteiger partial charge in [0, 0.05) is 25.8 Å². The van der Waals surface area contributed by atoms with Crippen molar-refractivity contribution in [1.82, 2.24) is 4.90 Å². The molecule has 0 aliphatic carbocycles. The minimum Gasteiger partial charge on any atom is -0.403 e. The zero-order valence-corrected chi connectivity index (χ0v) is 9.28. The second-order valence-electron chi connectivity index (χ2n) is 3.54. The van der Waals surface area contributed by atoms with E-state index in [1.165, 1.54) is 6.20 Å². The Bertz CT molecular complexity index is 244. The predicted molar refractivity (Wildman–Crippen MR) is 61.7 cm³/mol. The summed E-state index contributed by atoms with van der Waals surface area (Å²) in [5, 5.41) is 0. The normalized spacial score (nSPS) is 20.6. The Morgan fingerprint density at radius 2 is 2.13 bits per heavy atom. The first-order valence-electron chi connectivity index (χ1n) is 5.23. The molecule has 0 aromatic heterocycles. The maximum Gasteiger partial charge on any atom is 0.0682 e. The van der Waals surface area contributed by atoms with E-state index in [2.05, 4.69) is 9.89 Å². The SMILES string of the molecule is CC(=NCCN1CCOCC1)C(N)=CN. The van der Waals surface area contributed by atoms with Crippen molar-refractivity contribution in [3.05, 3.63) is 11.9 Å². The van der Waals surface area contributed by atoms with Gasteiger partial charge >= 0.3 is 0 Å². The molecule has 86 valence electrons. The molecule has 0 aromatic rings. The number of morpholine rings is 1. The highest BCUT2D eigenvalue weighted by Crippen LogP contribution is 1.96. The van der Waals surface area contributed by atoms with Gasteiger partial charge < -0.3 is 16.2 Å². The molecule has 0 atom stereocenters. The van der Waals surface area contributed by atoms with Crippen molar-refractivity contribution in [2.24, 2.45) is 16.5 Å². The van der Waals surface area contributed by atoms with Crippen LogP contribution in [0.2, 0.25) is 0 Å². The minimum absolute atomic E-state index is 0.553. The van der Waals surface area contributed by atoms with Gasteiger partial charge in [-0.15, -0.1) is 0 Å². The summed E-state index contributed by atoms with van der Waals surface area (Å²) in [5.74, 6) is 0. The van der Waals surface area contributed by atoms with Gasteiger partial charge in [0.2, 0.25) is 0 Å². The molecule has 15 heavy (non-hydrogen) atoms. The van der Waals surface area contributed by atoms with Gasteiger partial charge in [-0.05, 0) is 6.92 Å². The van der Waals surface area contributed by atoms with Crippen LogP contribution in [0.3, 0.4) is 0 Å². The molecule has 0 spiro atoms. The van der Waals surface area contributed by atoms with Gasteiger partial charge in [-0.2, -0.15) is 0 Å². The van der Waals surface area contributed by atoms with Crippen molar-refractivity contribution in [2.75, 3.05) is 39.4 Å². The van der Waals surface area contributed by atoms with Crippen LogP contribution >= 0.6 is 0 Å². The topological polar surface area (TPSA) is 76.9 Å². The lowest BCUT2D eigenvalue weighted by atomic mass is 10.3. The Kier molecular flexibility index (Phi) is 5.14. The van der Waals surface area contributed by atoms with Crippen molar-refractivity contribution in [3.8, 4) is 0 Å². The van der Waals surface area contributed by atoms with E-state index in [1.807, 2.05) is 6.92 Å². The Hall–Kier alpha value is -1.07. The van der Waals surface area contributed by atoms with Crippen LogP contribution in [0.15, 0.2) is 16.9 Å². The van der Waals surface area contributed by atoms with Gasteiger partial charge in [0.05, 0.1) is 31.2 Å². The van der Waals surface area contributed by atoms with Crippen LogP contribution < -0.4 is 11.5 Å². The van der Waals surface area contributed by atoms with Gasteiger partial charge in [0.25, 0.3) is 0 Å². The van der Waals surface area contributed by atoms with Crippen molar-refractivity contribution in [1.29, 1.82) is 0 Å². The minimum atomic E-state index is 0.553. The summed E-state index contributed by atoms with van der Waals surface area (Å²) in [5.41, 5.74) is 12.3. The average molecular weight is 212 g/mol. The molecule has 0 saturated carbocycles. The Morgan fingerprint density at radius 1 is 1.47 bits per heavy atom. The lowest BCUT2D eigenvalue weighted by Crippen LogP contribution is -2.37. The maximum absolute atomic E-state index is 5.61. The van der Waals surface area contributed by atoms with Crippen LogP contribution in [-0.4, -0.2) is 50.0 Å². The first kappa shape index (κ1) is 12.0. The van der Waals surface area contributed by atoms with E-state index in [4.69, 9.17) is 16.2 Å². The summed E-state index contributed by atoms with van der Waals surface area (Å²) in [6.07, 6.45) is 1.38. The lowest BCUT2D eigenvalue weighted by molar-refractivity contribution is 0.0394. The molecule has 1 fully saturated rings. The number of hydrogen-bond acceptors (Lipinski definition) is 5. The monoisotopic (exact) mass is 212 g/mol. The largest absolute Gasteiger partial charge is 0.403 e. The number of ether oxygens (including phenoxy) is 1. The van der Waals surface area contributed by atoms with Crippen molar-refractivity contribution in [3.63, 3.8) is 0 Å². The van der Waals surface area contributed by atoms with Gasteiger partial charge in [-0.25, -0.2) is 0 Å². The van der Waals surface area contributed by atoms with Crippen LogP contribution in [0.5, 0.6) is 0 Å². The fourth-order valence-electron chi connectivity index (χ4n) is 1.40. The van der Waals surface area contributed by atoms with Crippen LogP contribution in [0.1, 0.15) is 6.92 Å². The molecule has 1 saturated heterocycles. The van der Waals surface area contributed by atoms with Crippen molar-refractivity contribution >= 4 is 5.71 Å². The number of nitrogens with zero attached hydrogens (tertiary/aromatic N) is 2. The Labute approximate surface area is 90.8 Å². The second-order valence-corrected chi connectivity index (χ2v) is 3.54. The first-order valence-corrected chi connectivity index (χ1v) is 5.23. The zero-order chi connectivity index (χ0) is 11.1. The Balaban J connectivity index is 2.24. The molecule has 0 unspecified atom stereocenters. The highest BCUT2D eigenvalue weighted by atomic mass is 16.5.